The molecular weight excluding hydrogens is 242 g/mol. The van der Waals surface area contributed by atoms with Gasteiger partial charge in [-0.3, -0.25) is 0 Å². The zero-order chi connectivity index (χ0) is 12.8. The molecule has 17 heavy (non-hydrogen) atoms. The summed E-state index contributed by atoms with van der Waals surface area (Å²) in [6.45, 7) is 4.11. The highest BCUT2D eigenvalue weighted by molar-refractivity contribution is 6.32. The van der Waals surface area contributed by atoms with E-state index in [1.807, 2.05) is 13.8 Å². The van der Waals surface area contributed by atoms with Crippen molar-refractivity contribution in [3.05, 3.63) is 29.3 Å². The number of carboxylic acid groups (broad SMARTS) is 1. The first-order chi connectivity index (χ1) is 8.00. The normalized spacial score (nSPS) is 12.5. The fraction of sp³-hybridized carbons (Fsp3) is 0.417. The van der Waals surface area contributed by atoms with Crippen molar-refractivity contribution in [3.8, 4) is 5.75 Å². The maximum absolute atomic E-state index is 11.0. The smallest absolute Gasteiger partial charge is 0.346 e. The number of hydrogen-bond acceptors (Lipinski definition) is 3. The summed E-state index contributed by atoms with van der Waals surface area (Å²) in [5.41, 5.74) is 0. The van der Waals surface area contributed by atoms with Crippen LogP contribution in [0.3, 0.4) is 0 Å². The quantitative estimate of drug-likeness (QED) is 0.820. The van der Waals surface area contributed by atoms with Crippen molar-refractivity contribution in [1.29, 1.82) is 0 Å². The van der Waals surface area contributed by atoms with Gasteiger partial charge in [-0.1, -0.05) is 37.6 Å². The molecule has 0 aliphatic carbocycles. The molecule has 94 valence electrons. The minimum Gasteiger partial charge on any atom is -0.478 e. The second-order valence-corrected chi connectivity index (χ2v) is 4.35. The molecule has 0 amide bonds. The highest BCUT2D eigenvalue weighted by atomic mass is 35.5. The van der Waals surface area contributed by atoms with Gasteiger partial charge in [0, 0.05) is 12.6 Å². The van der Waals surface area contributed by atoms with Crippen LogP contribution in [0.2, 0.25) is 5.02 Å². The molecule has 0 bridgehead atoms. The minimum absolute atomic E-state index is 0.201. The standard InChI is InChI=1S/C12H16ClNO3/c1-8(2)14-7-11(12(15)16)17-10-6-4-3-5-9(10)13/h3-6,8,11,14H,7H2,1-2H3,(H,15,16). The molecule has 0 aliphatic rings. The molecule has 1 atom stereocenters. The molecule has 5 heteroatoms. The topological polar surface area (TPSA) is 58.6 Å². The SMILES string of the molecule is CC(C)NCC(Oc1ccccc1Cl)C(=O)O. The Bertz CT molecular complexity index is 382. The summed E-state index contributed by atoms with van der Waals surface area (Å²) in [7, 11) is 0. The average Bonchev–Trinajstić information content (AvgIpc) is 2.25. The predicted octanol–water partition coefficient (Wildman–Crippen LogP) is 2.17. The van der Waals surface area contributed by atoms with Crippen molar-refractivity contribution in [3.63, 3.8) is 0 Å². The van der Waals surface area contributed by atoms with E-state index in [0.29, 0.717) is 10.8 Å². The average molecular weight is 258 g/mol. The minimum atomic E-state index is -1.02. The Morgan fingerprint density at radius 3 is 2.65 bits per heavy atom. The van der Waals surface area contributed by atoms with Crippen molar-refractivity contribution < 1.29 is 14.6 Å². The lowest BCUT2D eigenvalue weighted by Crippen LogP contribution is -2.40. The van der Waals surface area contributed by atoms with Gasteiger partial charge in [0.05, 0.1) is 5.02 Å². The summed E-state index contributed by atoms with van der Waals surface area (Å²) in [5.74, 6) is -0.634. The zero-order valence-corrected chi connectivity index (χ0v) is 10.6. The van der Waals surface area contributed by atoms with Crippen LogP contribution in [0.25, 0.3) is 0 Å². The number of halogens is 1. The number of benzene rings is 1. The van der Waals surface area contributed by atoms with Crippen molar-refractivity contribution in [2.24, 2.45) is 0 Å². The summed E-state index contributed by atoms with van der Waals surface area (Å²) in [5, 5.41) is 12.5. The van der Waals surface area contributed by atoms with E-state index in [1.54, 1.807) is 24.3 Å². The number of nitrogens with one attached hydrogen (secondary N) is 1. The van der Waals surface area contributed by atoms with E-state index >= 15 is 0 Å². The van der Waals surface area contributed by atoms with Crippen molar-refractivity contribution in [2.45, 2.75) is 26.0 Å². The third-order valence-electron chi connectivity index (χ3n) is 2.09. The molecule has 0 saturated heterocycles. The number of carbonyl (C=O) groups is 1. The van der Waals surface area contributed by atoms with Crippen LogP contribution in [0.4, 0.5) is 0 Å². The van der Waals surface area contributed by atoms with Gasteiger partial charge in [0.1, 0.15) is 5.75 Å². The van der Waals surface area contributed by atoms with Crippen LogP contribution in [-0.2, 0) is 4.79 Å². The van der Waals surface area contributed by atoms with Gasteiger partial charge in [0.25, 0.3) is 0 Å². The Balaban J connectivity index is 2.67. The molecule has 1 unspecified atom stereocenters. The van der Waals surface area contributed by atoms with E-state index in [1.165, 1.54) is 0 Å². The summed E-state index contributed by atoms with van der Waals surface area (Å²) < 4.78 is 5.36. The largest absolute Gasteiger partial charge is 0.478 e. The molecule has 0 saturated carbocycles. The summed E-state index contributed by atoms with van der Waals surface area (Å²) in [6.07, 6.45) is -0.947. The van der Waals surface area contributed by atoms with Gasteiger partial charge in [0.15, 0.2) is 0 Å². The second-order valence-electron chi connectivity index (χ2n) is 3.94. The molecule has 0 aromatic heterocycles. The maximum Gasteiger partial charge on any atom is 0.346 e. The fourth-order valence-corrected chi connectivity index (χ4v) is 1.40. The van der Waals surface area contributed by atoms with E-state index in [2.05, 4.69) is 5.32 Å². The van der Waals surface area contributed by atoms with E-state index in [4.69, 9.17) is 21.4 Å². The van der Waals surface area contributed by atoms with E-state index in [9.17, 15) is 4.79 Å². The van der Waals surface area contributed by atoms with E-state index in [-0.39, 0.29) is 12.6 Å². The molecule has 0 radical (unpaired) electrons. The van der Waals surface area contributed by atoms with E-state index in [0.717, 1.165) is 0 Å². The van der Waals surface area contributed by atoms with Gasteiger partial charge in [-0.15, -0.1) is 0 Å². The van der Waals surface area contributed by atoms with Crippen LogP contribution < -0.4 is 10.1 Å². The van der Waals surface area contributed by atoms with E-state index < -0.39 is 12.1 Å². The Morgan fingerprint density at radius 2 is 2.12 bits per heavy atom. The number of hydrogen-bond donors (Lipinski definition) is 2. The third kappa shape index (κ3) is 4.63. The van der Waals surface area contributed by atoms with Crippen LogP contribution >= 0.6 is 11.6 Å². The first-order valence-electron chi connectivity index (χ1n) is 5.38. The van der Waals surface area contributed by atoms with Crippen LogP contribution in [-0.4, -0.2) is 29.8 Å². The zero-order valence-electron chi connectivity index (χ0n) is 9.81. The molecule has 2 N–H and O–H groups in total. The van der Waals surface area contributed by atoms with Crippen molar-refractivity contribution in [2.75, 3.05) is 6.54 Å². The molecule has 4 nitrogen and oxygen atoms in total. The molecule has 0 aliphatic heterocycles. The van der Waals surface area contributed by atoms with Gasteiger partial charge in [-0.2, -0.15) is 0 Å². The molecule has 1 rings (SSSR count). The lowest BCUT2D eigenvalue weighted by Gasteiger charge is -2.17. The fourth-order valence-electron chi connectivity index (χ4n) is 1.22. The van der Waals surface area contributed by atoms with Crippen molar-refractivity contribution >= 4 is 17.6 Å². The van der Waals surface area contributed by atoms with Crippen LogP contribution in [0, 0.1) is 0 Å². The first kappa shape index (κ1) is 13.8. The monoisotopic (exact) mass is 257 g/mol. The maximum atomic E-state index is 11.0. The summed E-state index contributed by atoms with van der Waals surface area (Å²) in [4.78, 5) is 11.0. The molecular formula is C12H16ClNO3. The Morgan fingerprint density at radius 1 is 1.47 bits per heavy atom. The molecule has 0 heterocycles. The lowest BCUT2D eigenvalue weighted by molar-refractivity contribution is -0.144. The van der Waals surface area contributed by atoms with Gasteiger partial charge < -0.3 is 15.2 Å². The Hall–Kier alpha value is -1.26. The van der Waals surface area contributed by atoms with Gasteiger partial charge in [-0.05, 0) is 12.1 Å². The number of carboxylic acids is 1. The van der Waals surface area contributed by atoms with Gasteiger partial charge in [-0.25, -0.2) is 4.79 Å². The first-order valence-corrected chi connectivity index (χ1v) is 5.76. The summed E-state index contributed by atoms with van der Waals surface area (Å²) in [6, 6.07) is 7.01. The number of aliphatic carboxylic acids is 1. The predicted molar refractivity (Wildman–Crippen MR) is 66.6 cm³/mol. The number of para-hydroxylation sites is 1. The Labute approximate surface area is 106 Å². The Kier molecular flexibility index (Phi) is 5.25. The highest BCUT2D eigenvalue weighted by Crippen LogP contribution is 2.24. The van der Waals surface area contributed by atoms with Gasteiger partial charge >= 0.3 is 5.97 Å². The van der Waals surface area contributed by atoms with Crippen LogP contribution in [0.5, 0.6) is 5.75 Å². The molecule has 0 spiro atoms. The highest BCUT2D eigenvalue weighted by Gasteiger charge is 2.20. The lowest BCUT2D eigenvalue weighted by atomic mass is 10.3. The number of ether oxygens (including phenoxy) is 1. The number of rotatable bonds is 6. The van der Waals surface area contributed by atoms with Gasteiger partial charge in [0.2, 0.25) is 6.10 Å². The third-order valence-corrected chi connectivity index (χ3v) is 2.41. The molecule has 1 aromatic carbocycles. The van der Waals surface area contributed by atoms with Crippen molar-refractivity contribution in [1.82, 2.24) is 5.32 Å². The van der Waals surface area contributed by atoms with Crippen LogP contribution in [0.1, 0.15) is 13.8 Å². The molecule has 1 aromatic rings. The second kappa shape index (κ2) is 6.47. The molecule has 0 fully saturated rings. The van der Waals surface area contributed by atoms with Crippen LogP contribution in [0.15, 0.2) is 24.3 Å². The summed E-state index contributed by atoms with van der Waals surface area (Å²) >= 11 is 5.90.